The maximum atomic E-state index is 5.49. The van der Waals surface area contributed by atoms with Gasteiger partial charge in [0.1, 0.15) is 11.5 Å². The highest BCUT2D eigenvalue weighted by Gasteiger charge is 2.16. The van der Waals surface area contributed by atoms with Gasteiger partial charge >= 0.3 is 0 Å². The first-order valence-electron chi connectivity index (χ1n) is 4.59. The van der Waals surface area contributed by atoms with E-state index in [-0.39, 0.29) is 0 Å². The van der Waals surface area contributed by atoms with Gasteiger partial charge in [-0.15, -0.1) is 0 Å². The maximum Gasteiger partial charge on any atom is 0.124 e. The van der Waals surface area contributed by atoms with Gasteiger partial charge in [0.15, 0.2) is 0 Å². The van der Waals surface area contributed by atoms with Crippen LogP contribution >= 0.6 is 0 Å². The lowest BCUT2D eigenvalue weighted by molar-refractivity contribution is 0.504. The van der Waals surface area contributed by atoms with E-state index in [1.165, 1.54) is 31.6 Å². The van der Waals surface area contributed by atoms with E-state index in [0.717, 1.165) is 11.5 Å². The molecule has 0 aromatic carbocycles. The van der Waals surface area contributed by atoms with Gasteiger partial charge < -0.3 is 9.32 Å². The Bertz CT molecular complexity index is 271. The molecule has 0 bridgehead atoms. The second kappa shape index (κ2) is 2.85. The van der Waals surface area contributed by atoms with Crippen molar-refractivity contribution < 1.29 is 4.42 Å². The summed E-state index contributed by atoms with van der Waals surface area (Å²) in [5, 5.41) is 0. The van der Waals surface area contributed by atoms with E-state index in [9.17, 15) is 0 Å². The summed E-state index contributed by atoms with van der Waals surface area (Å²) in [6, 6.07) is 2.14. The molecular weight excluding hydrogens is 150 g/mol. The van der Waals surface area contributed by atoms with Crippen molar-refractivity contribution in [3.63, 3.8) is 0 Å². The Morgan fingerprint density at radius 3 is 2.42 bits per heavy atom. The predicted octanol–water partition coefficient (Wildman–Crippen LogP) is 2.50. The van der Waals surface area contributed by atoms with Crippen LogP contribution in [0.4, 0.5) is 5.69 Å². The zero-order valence-corrected chi connectivity index (χ0v) is 7.76. The average Bonchev–Trinajstić information content (AvgIpc) is 2.58. The first kappa shape index (κ1) is 7.71. The molecule has 2 nitrogen and oxygen atoms in total. The molecule has 0 atom stereocenters. The van der Waals surface area contributed by atoms with Crippen LogP contribution in [0, 0.1) is 13.8 Å². The Labute approximate surface area is 73.2 Å². The fraction of sp³-hybridized carbons (Fsp3) is 0.600. The average molecular weight is 165 g/mol. The van der Waals surface area contributed by atoms with E-state index in [0.29, 0.717) is 0 Å². The van der Waals surface area contributed by atoms with Crippen LogP contribution in [0.2, 0.25) is 0 Å². The summed E-state index contributed by atoms with van der Waals surface area (Å²) in [5.74, 6) is 2.09. The molecule has 0 aliphatic carbocycles. The van der Waals surface area contributed by atoms with Crippen molar-refractivity contribution in [3.8, 4) is 0 Å². The lowest BCUT2D eigenvalue weighted by atomic mass is 10.3. The maximum absolute atomic E-state index is 5.49. The molecule has 1 fully saturated rings. The summed E-state index contributed by atoms with van der Waals surface area (Å²) in [4.78, 5) is 2.41. The Morgan fingerprint density at radius 2 is 1.92 bits per heavy atom. The summed E-state index contributed by atoms with van der Waals surface area (Å²) in [7, 11) is 0. The normalized spacial score (nSPS) is 17.3. The van der Waals surface area contributed by atoms with Crippen LogP contribution in [0.5, 0.6) is 0 Å². The van der Waals surface area contributed by atoms with E-state index in [1.54, 1.807) is 0 Å². The van der Waals surface area contributed by atoms with Gasteiger partial charge in [-0.05, 0) is 26.7 Å². The largest absolute Gasteiger partial charge is 0.464 e. The minimum atomic E-state index is 1.02. The quantitative estimate of drug-likeness (QED) is 0.635. The van der Waals surface area contributed by atoms with Crippen LogP contribution in [0.1, 0.15) is 24.4 Å². The zero-order chi connectivity index (χ0) is 8.55. The van der Waals surface area contributed by atoms with Gasteiger partial charge in [0.2, 0.25) is 0 Å². The third-order valence-electron chi connectivity index (χ3n) is 2.46. The molecule has 0 N–H and O–H groups in total. The van der Waals surface area contributed by atoms with Crippen LogP contribution in [0.3, 0.4) is 0 Å². The minimum absolute atomic E-state index is 1.02. The van der Waals surface area contributed by atoms with Crippen molar-refractivity contribution in [2.45, 2.75) is 26.7 Å². The van der Waals surface area contributed by atoms with Gasteiger partial charge in [-0.3, -0.25) is 0 Å². The fourth-order valence-corrected chi connectivity index (χ4v) is 1.89. The van der Waals surface area contributed by atoms with Crippen molar-refractivity contribution in [1.82, 2.24) is 0 Å². The number of anilines is 1. The zero-order valence-electron chi connectivity index (χ0n) is 7.76. The third kappa shape index (κ3) is 1.22. The van der Waals surface area contributed by atoms with Gasteiger partial charge in [-0.25, -0.2) is 0 Å². The molecule has 1 saturated heterocycles. The molecule has 0 amide bonds. The lowest BCUT2D eigenvalue weighted by Crippen LogP contribution is -2.17. The second-order valence-electron chi connectivity index (χ2n) is 3.49. The van der Waals surface area contributed by atoms with Crippen molar-refractivity contribution in [1.29, 1.82) is 0 Å². The molecule has 0 spiro atoms. The second-order valence-corrected chi connectivity index (χ2v) is 3.49. The monoisotopic (exact) mass is 165 g/mol. The molecule has 0 unspecified atom stereocenters. The predicted molar refractivity (Wildman–Crippen MR) is 49.6 cm³/mol. The molecule has 1 aliphatic rings. The molecule has 2 heterocycles. The van der Waals surface area contributed by atoms with E-state index in [1.807, 2.05) is 13.8 Å². The van der Waals surface area contributed by atoms with Crippen molar-refractivity contribution >= 4 is 5.69 Å². The summed E-state index contributed by atoms with van der Waals surface area (Å²) in [6.45, 7) is 6.44. The number of furan rings is 1. The first-order chi connectivity index (χ1) is 5.77. The van der Waals surface area contributed by atoms with Gasteiger partial charge in [-0.1, -0.05) is 0 Å². The van der Waals surface area contributed by atoms with E-state index in [2.05, 4.69) is 11.0 Å². The SMILES string of the molecule is Cc1cc(N2CCCC2)c(C)o1. The summed E-state index contributed by atoms with van der Waals surface area (Å²) >= 11 is 0. The molecule has 1 aliphatic heterocycles. The molecule has 2 heteroatoms. The number of hydrogen-bond donors (Lipinski definition) is 0. The topological polar surface area (TPSA) is 16.4 Å². The minimum Gasteiger partial charge on any atom is -0.464 e. The molecule has 1 aromatic heterocycles. The smallest absolute Gasteiger partial charge is 0.124 e. The van der Waals surface area contributed by atoms with Crippen LogP contribution in [0.15, 0.2) is 10.5 Å². The fourth-order valence-electron chi connectivity index (χ4n) is 1.89. The highest BCUT2D eigenvalue weighted by Crippen LogP contribution is 2.26. The highest BCUT2D eigenvalue weighted by molar-refractivity contribution is 5.51. The first-order valence-corrected chi connectivity index (χ1v) is 4.59. The number of rotatable bonds is 1. The standard InChI is InChI=1S/C10H15NO/c1-8-7-10(9(2)12-8)11-5-3-4-6-11/h7H,3-6H2,1-2H3. The van der Waals surface area contributed by atoms with Crippen LogP contribution in [-0.2, 0) is 0 Å². The Hall–Kier alpha value is -0.920. The molecular formula is C10H15NO. The van der Waals surface area contributed by atoms with Crippen molar-refractivity contribution in [2.75, 3.05) is 18.0 Å². The number of aryl methyl sites for hydroxylation is 2. The molecule has 66 valence electrons. The molecule has 12 heavy (non-hydrogen) atoms. The Balaban J connectivity index is 2.25. The van der Waals surface area contributed by atoms with E-state index < -0.39 is 0 Å². The third-order valence-corrected chi connectivity index (χ3v) is 2.46. The lowest BCUT2D eigenvalue weighted by Gasteiger charge is -2.15. The van der Waals surface area contributed by atoms with Crippen molar-refractivity contribution in [2.24, 2.45) is 0 Å². The van der Waals surface area contributed by atoms with Gasteiger partial charge in [-0.2, -0.15) is 0 Å². The molecule has 0 radical (unpaired) electrons. The summed E-state index contributed by atoms with van der Waals surface area (Å²) in [6.07, 6.45) is 2.65. The van der Waals surface area contributed by atoms with Gasteiger partial charge in [0.05, 0.1) is 5.69 Å². The van der Waals surface area contributed by atoms with Crippen LogP contribution < -0.4 is 4.90 Å². The summed E-state index contributed by atoms with van der Waals surface area (Å²) in [5.41, 5.74) is 1.30. The van der Waals surface area contributed by atoms with Gasteiger partial charge in [0, 0.05) is 19.2 Å². The molecule has 2 rings (SSSR count). The van der Waals surface area contributed by atoms with Crippen molar-refractivity contribution in [3.05, 3.63) is 17.6 Å². The van der Waals surface area contributed by atoms with E-state index >= 15 is 0 Å². The number of hydrogen-bond acceptors (Lipinski definition) is 2. The van der Waals surface area contributed by atoms with Crippen LogP contribution in [-0.4, -0.2) is 13.1 Å². The molecule has 0 saturated carbocycles. The van der Waals surface area contributed by atoms with Crippen LogP contribution in [0.25, 0.3) is 0 Å². The number of nitrogens with zero attached hydrogens (tertiary/aromatic N) is 1. The van der Waals surface area contributed by atoms with E-state index in [4.69, 9.17) is 4.42 Å². The van der Waals surface area contributed by atoms with Gasteiger partial charge in [0.25, 0.3) is 0 Å². The summed E-state index contributed by atoms with van der Waals surface area (Å²) < 4.78 is 5.49. The molecule has 1 aromatic rings. The Kier molecular flexibility index (Phi) is 1.83. The highest BCUT2D eigenvalue weighted by atomic mass is 16.3. The Morgan fingerprint density at radius 1 is 1.25 bits per heavy atom.